The summed E-state index contributed by atoms with van der Waals surface area (Å²) in [5.41, 5.74) is 8.78. The number of unbranched alkanes of at least 4 members (excludes halogenated alkanes) is 1. The predicted molar refractivity (Wildman–Crippen MR) is 66.8 cm³/mol. The molecule has 5 nitrogen and oxygen atoms in total. The van der Waals surface area contributed by atoms with Crippen LogP contribution in [0.1, 0.15) is 26.2 Å². The fraction of sp³-hybridized carbons (Fsp3) is 0.333. The average molecular weight is 266 g/mol. The van der Waals surface area contributed by atoms with Gasteiger partial charge in [0.2, 0.25) is 0 Å². The normalized spacial score (nSPS) is 10.7. The minimum absolute atomic E-state index is 0.0531. The van der Waals surface area contributed by atoms with E-state index >= 15 is 0 Å². The van der Waals surface area contributed by atoms with Gasteiger partial charge in [0, 0.05) is 6.42 Å². The van der Waals surface area contributed by atoms with Crippen LogP contribution in [0.4, 0.5) is 0 Å². The Labute approximate surface area is 106 Å². The average Bonchev–Trinajstić information content (AvgIpc) is 2.38. The maximum Gasteiger partial charge on any atom is 0.451 e. The zero-order chi connectivity index (χ0) is 13.6. The van der Waals surface area contributed by atoms with Crippen molar-refractivity contribution in [1.29, 1.82) is 0 Å². The van der Waals surface area contributed by atoms with Crippen molar-refractivity contribution in [3.8, 4) is 0 Å². The van der Waals surface area contributed by atoms with Crippen LogP contribution in [0.2, 0.25) is 0 Å². The Morgan fingerprint density at radius 2 is 1.89 bits per heavy atom. The molecule has 6 heteroatoms. The maximum absolute atomic E-state index is 12.1. The van der Waals surface area contributed by atoms with Crippen LogP contribution in [0.15, 0.2) is 35.2 Å². The van der Waals surface area contributed by atoms with Gasteiger partial charge in [-0.25, -0.2) is 8.42 Å². The van der Waals surface area contributed by atoms with E-state index < -0.39 is 20.7 Å². The van der Waals surface area contributed by atoms with Gasteiger partial charge in [0.25, 0.3) is 15.6 Å². The van der Waals surface area contributed by atoms with Crippen molar-refractivity contribution >= 4 is 20.7 Å². The lowest BCUT2D eigenvalue weighted by Gasteiger charge is -1.99. The summed E-state index contributed by atoms with van der Waals surface area (Å²) in [5.74, 6) is -0.664. The Hall–Kier alpha value is -1.78. The fourth-order valence-corrected chi connectivity index (χ4v) is 2.66. The van der Waals surface area contributed by atoms with Gasteiger partial charge < -0.3 is 5.53 Å². The van der Waals surface area contributed by atoms with E-state index in [2.05, 4.69) is 4.79 Å². The number of ketones is 1. The quantitative estimate of drug-likeness (QED) is 0.352. The van der Waals surface area contributed by atoms with Crippen molar-refractivity contribution in [2.75, 3.05) is 0 Å². The van der Waals surface area contributed by atoms with E-state index in [0.717, 1.165) is 6.42 Å². The zero-order valence-electron chi connectivity index (χ0n) is 10.0. The summed E-state index contributed by atoms with van der Waals surface area (Å²) in [6.45, 7) is 1.88. The van der Waals surface area contributed by atoms with E-state index in [0.29, 0.717) is 6.42 Å². The number of benzene rings is 1. The van der Waals surface area contributed by atoms with E-state index in [9.17, 15) is 13.2 Å². The van der Waals surface area contributed by atoms with Gasteiger partial charge >= 0.3 is 5.04 Å². The van der Waals surface area contributed by atoms with Gasteiger partial charge in [-0.3, -0.25) is 4.79 Å². The largest absolute Gasteiger partial charge is 0.451 e. The molecule has 0 amide bonds. The van der Waals surface area contributed by atoms with Gasteiger partial charge in [0.05, 0.1) is 4.90 Å². The lowest BCUT2D eigenvalue weighted by molar-refractivity contribution is -0.116. The minimum Gasteiger partial charge on any atom is -0.360 e. The van der Waals surface area contributed by atoms with Crippen molar-refractivity contribution < 1.29 is 18.0 Å². The summed E-state index contributed by atoms with van der Waals surface area (Å²) in [7, 11) is -4.03. The monoisotopic (exact) mass is 266 g/mol. The smallest absolute Gasteiger partial charge is 0.360 e. The standard InChI is InChI=1S/C12H14N2O3S/c1-2-3-9-11(15)12(14-13)18(16,17)10-7-5-4-6-8-10/h4-8H,2-3,9H2,1H3. The third-order valence-electron chi connectivity index (χ3n) is 2.39. The summed E-state index contributed by atoms with van der Waals surface area (Å²) in [4.78, 5) is 14.3. The van der Waals surface area contributed by atoms with E-state index in [1.54, 1.807) is 18.2 Å². The maximum atomic E-state index is 12.1. The molecular formula is C12H14N2O3S. The third-order valence-corrected chi connectivity index (χ3v) is 4.11. The van der Waals surface area contributed by atoms with Gasteiger partial charge in [-0.15, -0.1) is 4.79 Å². The number of nitrogens with zero attached hydrogens (tertiary/aromatic N) is 2. The van der Waals surface area contributed by atoms with Gasteiger partial charge in [-0.2, -0.15) is 0 Å². The Morgan fingerprint density at radius 1 is 1.28 bits per heavy atom. The molecule has 0 aliphatic heterocycles. The number of hydrogen-bond acceptors (Lipinski definition) is 3. The molecule has 96 valence electrons. The highest BCUT2D eigenvalue weighted by Crippen LogP contribution is 2.13. The molecule has 0 aliphatic rings. The highest BCUT2D eigenvalue weighted by Gasteiger charge is 2.36. The first kappa shape index (κ1) is 14.3. The van der Waals surface area contributed by atoms with Crippen LogP contribution in [-0.2, 0) is 14.6 Å². The molecule has 0 saturated heterocycles. The fourth-order valence-electron chi connectivity index (χ4n) is 1.41. The van der Waals surface area contributed by atoms with Gasteiger partial charge in [0.1, 0.15) is 0 Å². The van der Waals surface area contributed by atoms with Crippen molar-refractivity contribution in [2.45, 2.75) is 31.1 Å². The van der Waals surface area contributed by atoms with Crippen LogP contribution < -0.4 is 0 Å². The molecule has 0 N–H and O–H groups in total. The van der Waals surface area contributed by atoms with Crippen LogP contribution in [0.5, 0.6) is 0 Å². The van der Waals surface area contributed by atoms with Crippen molar-refractivity contribution in [2.24, 2.45) is 0 Å². The molecule has 1 rings (SSSR count). The van der Waals surface area contributed by atoms with Crippen molar-refractivity contribution in [3.05, 3.63) is 35.9 Å². The SMILES string of the molecule is CCCCC(=O)C(=[N+]=[N-])S(=O)(=O)c1ccccc1. The molecule has 0 fully saturated rings. The van der Waals surface area contributed by atoms with E-state index in [1.165, 1.54) is 12.1 Å². The van der Waals surface area contributed by atoms with Crippen LogP contribution >= 0.6 is 0 Å². The first-order chi connectivity index (χ1) is 8.54. The van der Waals surface area contributed by atoms with Crippen LogP contribution in [0.3, 0.4) is 0 Å². The molecule has 1 aromatic carbocycles. The number of sulfone groups is 1. The molecule has 0 aliphatic carbocycles. The summed E-state index contributed by atoms with van der Waals surface area (Å²) >= 11 is 0. The molecule has 1 aromatic rings. The topological polar surface area (TPSA) is 87.6 Å². The highest BCUT2D eigenvalue weighted by atomic mass is 32.2. The second-order valence-corrected chi connectivity index (χ2v) is 5.61. The molecule has 0 spiro atoms. The van der Waals surface area contributed by atoms with Gasteiger partial charge in [0.15, 0.2) is 0 Å². The number of rotatable bonds is 5. The summed E-state index contributed by atoms with van der Waals surface area (Å²) in [6.07, 6.45) is 1.37. The molecule has 0 heterocycles. The van der Waals surface area contributed by atoms with E-state index in [1.807, 2.05) is 6.92 Å². The Bertz CT molecular complexity index is 573. The predicted octanol–water partition coefficient (Wildman–Crippen LogP) is 1.85. The molecule has 18 heavy (non-hydrogen) atoms. The van der Waals surface area contributed by atoms with Crippen molar-refractivity contribution in [1.82, 2.24) is 0 Å². The first-order valence-corrected chi connectivity index (χ1v) is 7.07. The molecule has 0 radical (unpaired) electrons. The molecule has 0 unspecified atom stereocenters. The Morgan fingerprint density at radius 3 is 2.39 bits per heavy atom. The number of Topliss-reactive ketones (excluding diaryl/α,β-unsaturated/α-hetero) is 1. The number of carbonyl (C=O) groups is 1. The lowest BCUT2D eigenvalue weighted by atomic mass is 10.2. The number of hydrogen-bond donors (Lipinski definition) is 0. The lowest BCUT2D eigenvalue weighted by Crippen LogP contribution is -2.25. The van der Waals surface area contributed by atoms with E-state index in [-0.39, 0.29) is 11.3 Å². The third kappa shape index (κ3) is 3.12. The Kier molecular flexibility index (Phi) is 4.95. The molecule has 0 bridgehead atoms. The van der Waals surface area contributed by atoms with Gasteiger partial charge in [-0.05, 0) is 18.6 Å². The number of carbonyl (C=O) groups excluding carboxylic acids is 1. The molecule has 0 atom stereocenters. The second-order valence-electron chi connectivity index (χ2n) is 3.75. The molecule has 0 aromatic heterocycles. The van der Waals surface area contributed by atoms with Gasteiger partial charge in [-0.1, -0.05) is 31.5 Å². The van der Waals surface area contributed by atoms with Crippen LogP contribution in [-0.4, -0.2) is 24.0 Å². The highest BCUT2D eigenvalue weighted by molar-refractivity contribution is 8.08. The molecular weight excluding hydrogens is 252 g/mol. The summed E-state index contributed by atoms with van der Waals surface area (Å²) in [6, 6.07) is 7.45. The van der Waals surface area contributed by atoms with Crippen LogP contribution in [0, 0.1) is 0 Å². The summed E-state index contributed by atoms with van der Waals surface area (Å²) < 4.78 is 24.1. The Balaban J connectivity index is 3.11. The van der Waals surface area contributed by atoms with E-state index in [4.69, 9.17) is 5.53 Å². The first-order valence-electron chi connectivity index (χ1n) is 5.59. The zero-order valence-corrected chi connectivity index (χ0v) is 10.9. The molecule has 0 saturated carbocycles. The summed E-state index contributed by atoms with van der Waals surface area (Å²) in [5, 5.41) is -0.790. The second kappa shape index (κ2) is 6.23. The van der Waals surface area contributed by atoms with Crippen LogP contribution in [0.25, 0.3) is 5.53 Å². The van der Waals surface area contributed by atoms with Crippen molar-refractivity contribution in [3.63, 3.8) is 0 Å². The minimum atomic E-state index is -4.03.